The fourth-order valence-corrected chi connectivity index (χ4v) is 2.63. The standard InChI is InChI=1S/C18H17ClF3N3O3/c1-10(14-4-3-13(8-15(14)19)28-9-18(20,21)22)24-17(27)12-5-6-23-16(7-12)25-11(2)26/h3-8,10H,9H2,1-2H3,(H,24,27)(H,23,25,26). The molecule has 1 aromatic carbocycles. The maximum absolute atomic E-state index is 12.4. The Bertz CT molecular complexity index is 875. The van der Waals surface area contributed by atoms with Gasteiger partial charge >= 0.3 is 6.18 Å². The van der Waals surface area contributed by atoms with Gasteiger partial charge in [-0.15, -0.1) is 0 Å². The second-order valence-electron chi connectivity index (χ2n) is 5.89. The van der Waals surface area contributed by atoms with Crippen LogP contribution in [0.5, 0.6) is 5.75 Å². The molecule has 1 heterocycles. The number of rotatable bonds is 6. The van der Waals surface area contributed by atoms with E-state index >= 15 is 0 Å². The van der Waals surface area contributed by atoms with Crippen molar-refractivity contribution in [3.63, 3.8) is 0 Å². The molecule has 0 aliphatic carbocycles. The van der Waals surface area contributed by atoms with E-state index in [0.717, 1.165) is 0 Å². The maximum Gasteiger partial charge on any atom is 0.422 e. The summed E-state index contributed by atoms with van der Waals surface area (Å²) in [5.41, 5.74) is 0.775. The summed E-state index contributed by atoms with van der Waals surface area (Å²) in [6, 6.07) is 6.44. The van der Waals surface area contributed by atoms with Crippen molar-refractivity contribution >= 4 is 29.2 Å². The van der Waals surface area contributed by atoms with Crippen molar-refractivity contribution in [1.29, 1.82) is 0 Å². The number of hydrogen-bond acceptors (Lipinski definition) is 4. The van der Waals surface area contributed by atoms with Gasteiger partial charge in [-0.3, -0.25) is 9.59 Å². The van der Waals surface area contributed by atoms with E-state index in [1.54, 1.807) is 6.92 Å². The molecule has 0 spiro atoms. The van der Waals surface area contributed by atoms with E-state index in [1.807, 2.05) is 0 Å². The fraction of sp³-hybridized carbons (Fsp3) is 0.278. The van der Waals surface area contributed by atoms with E-state index in [9.17, 15) is 22.8 Å². The van der Waals surface area contributed by atoms with E-state index in [1.165, 1.54) is 43.5 Å². The van der Waals surface area contributed by atoms with Crippen molar-refractivity contribution in [2.24, 2.45) is 0 Å². The smallest absolute Gasteiger partial charge is 0.422 e. The van der Waals surface area contributed by atoms with E-state index in [-0.39, 0.29) is 28.1 Å². The van der Waals surface area contributed by atoms with Crippen molar-refractivity contribution in [3.8, 4) is 5.75 Å². The Morgan fingerprint density at radius 1 is 1.25 bits per heavy atom. The summed E-state index contributed by atoms with van der Waals surface area (Å²) in [6.45, 7) is 1.57. The molecule has 2 amide bonds. The highest BCUT2D eigenvalue weighted by molar-refractivity contribution is 6.31. The second kappa shape index (κ2) is 8.92. The highest BCUT2D eigenvalue weighted by atomic mass is 35.5. The molecule has 0 saturated heterocycles. The molecule has 2 rings (SSSR count). The van der Waals surface area contributed by atoms with Gasteiger partial charge in [0.15, 0.2) is 6.61 Å². The SMILES string of the molecule is CC(=O)Nc1cc(C(=O)NC(C)c2ccc(OCC(F)(F)F)cc2Cl)ccn1. The molecule has 2 aromatic rings. The monoisotopic (exact) mass is 415 g/mol. The zero-order valence-electron chi connectivity index (χ0n) is 14.9. The van der Waals surface area contributed by atoms with Gasteiger partial charge in [-0.2, -0.15) is 13.2 Å². The van der Waals surface area contributed by atoms with Gasteiger partial charge in [-0.05, 0) is 36.8 Å². The van der Waals surface area contributed by atoms with Crippen LogP contribution in [-0.4, -0.2) is 29.6 Å². The Balaban J connectivity index is 2.07. The summed E-state index contributed by atoms with van der Waals surface area (Å²) >= 11 is 6.12. The van der Waals surface area contributed by atoms with Crippen LogP contribution >= 0.6 is 11.6 Å². The summed E-state index contributed by atoms with van der Waals surface area (Å²) < 4.78 is 41.3. The van der Waals surface area contributed by atoms with Crippen molar-refractivity contribution in [3.05, 3.63) is 52.7 Å². The molecular formula is C18H17ClF3N3O3. The first-order chi connectivity index (χ1) is 13.0. The zero-order valence-corrected chi connectivity index (χ0v) is 15.7. The van der Waals surface area contributed by atoms with Gasteiger partial charge in [0.2, 0.25) is 5.91 Å². The van der Waals surface area contributed by atoms with Crippen LogP contribution < -0.4 is 15.4 Å². The molecule has 0 saturated carbocycles. The first-order valence-corrected chi connectivity index (χ1v) is 8.46. The first-order valence-electron chi connectivity index (χ1n) is 8.08. The van der Waals surface area contributed by atoms with Crippen LogP contribution in [0.15, 0.2) is 36.5 Å². The summed E-state index contributed by atoms with van der Waals surface area (Å²) in [4.78, 5) is 27.4. The number of nitrogens with zero attached hydrogens (tertiary/aromatic N) is 1. The van der Waals surface area contributed by atoms with Crippen molar-refractivity contribution < 1.29 is 27.5 Å². The van der Waals surface area contributed by atoms with Crippen molar-refractivity contribution in [2.75, 3.05) is 11.9 Å². The molecule has 0 aliphatic rings. The predicted octanol–water partition coefficient (Wildman–Crippen LogP) is 4.13. The maximum atomic E-state index is 12.4. The Labute approximate surface area is 164 Å². The molecule has 1 aromatic heterocycles. The number of carbonyl (C=O) groups is 2. The van der Waals surface area contributed by atoms with Gasteiger partial charge in [-0.25, -0.2) is 4.98 Å². The Morgan fingerprint density at radius 3 is 2.57 bits per heavy atom. The normalized spacial score (nSPS) is 12.2. The van der Waals surface area contributed by atoms with E-state index < -0.39 is 24.7 Å². The van der Waals surface area contributed by atoms with Gasteiger partial charge in [-0.1, -0.05) is 17.7 Å². The molecule has 10 heteroatoms. The van der Waals surface area contributed by atoms with Crippen LogP contribution in [0.2, 0.25) is 5.02 Å². The molecule has 1 atom stereocenters. The topological polar surface area (TPSA) is 80.3 Å². The third kappa shape index (κ3) is 6.41. The number of amides is 2. The van der Waals surface area contributed by atoms with Gasteiger partial charge < -0.3 is 15.4 Å². The molecule has 28 heavy (non-hydrogen) atoms. The average molecular weight is 416 g/mol. The van der Waals surface area contributed by atoms with Crippen LogP contribution in [0.1, 0.15) is 35.8 Å². The van der Waals surface area contributed by atoms with Gasteiger partial charge in [0.25, 0.3) is 5.91 Å². The zero-order chi connectivity index (χ0) is 20.9. The van der Waals surface area contributed by atoms with Crippen LogP contribution in [-0.2, 0) is 4.79 Å². The third-order valence-corrected chi connectivity index (χ3v) is 3.84. The number of benzene rings is 1. The lowest BCUT2D eigenvalue weighted by Gasteiger charge is -2.17. The molecule has 6 nitrogen and oxygen atoms in total. The Morgan fingerprint density at radius 2 is 1.96 bits per heavy atom. The molecule has 150 valence electrons. The molecule has 0 radical (unpaired) electrons. The highest BCUT2D eigenvalue weighted by Crippen LogP contribution is 2.28. The summed E-state index contributed by atoms with van der Waals surface area (Å²) in [6.07, 6.45) is -3.07. The average Bonchev–Trinajstić information content (AvgIpc) is 2.59. The van der Waals surface area contributed by atoms with Gasteiger partial charge in [0.05, 0.1) is 6.04 Å². The van der Waals surface area contributed by atoms with Crippen LogP contribution in [0.25, 0.3) is 0 Å². The minimum absolute atomic E-state index is 0.0290. The Kier molecular flexibility index (Phi) is 6.85. The minimum Gasteiger partial charge on any atom is -0.484 e. The summed E-state index contributed by atoms with van der Waals surface area (Å²) in [5, 5.41) is 5.36. The van der Waals surface area contributed by atoms with E-state index in [0.29, 0.717) is 5.56 Å². The number of nitrogens with one attached hydrogen (secondary N) is 2. The lowest BCUT2D eigenvalue weighted by molar-refractivity contribution is -0.153. The highest BCUT2D eigenvalue weighted by Gasteiger charge is 2.28. The molecule has 1 unspecified atom stereocenters. The predicted molar refractivity (Wildman–Crippen MR) is 97.4 cm³/mol. The third-order valence-electron chi connectivity index (χ3n) is 3.51. The molecular weight excluding hydrogens is 399 g/mol. The van der Waals surface area contributed by atoms with Gasteiger partial charge in [0, 0.05) is 23.7 Å². The van der Waals surface area contributed by atoms with E-state index in [4.69, 9.17) is 11.6 Å². The van der Waals surface area contributed by atoms with Crippen LogP contribution in [0.3, 0.4) is 0 Å². The number of ether oxygens (including phenoxy) is 1. The van der Waals surface area contributed by atoms with Gasteiger partial charge in [0.1, 0.15) is 11.6 Å². The Hall–Kier alpha value is -2.81. The lowest BCUT2D eigenvalue weighted by atomic mass is 10.1. The number of aromatic nitrogens is 1. The first kappa shape index (κ1) is 21.5. The number of carbonyl (C=O) groups excluding carboxylic acids is 2. The van der Waals surface area contributed by atoms with Crippen LogP contribution in [0, 0.1) is 0 Å². The van der Waals surface area contributed by atoms with Crippen molar-refractivity contribution in [1.82, 2.24) is 10.3 Å². The number of alkyl halides is 3. The quantitative estimate of drug-likeness (QED) is 0.743. The lowest BCUT2D eigenvalue weighted by Crippen LogP contribution is -2.27. The number of halogens is 4. The molecule has 0 aliphatic heterocycles. The molecule has 2 N–H and O–H groups in total. The van der Waals surface area contributed by atoms with Crippen molar-refractivity contribution in [2.45, 2.75) is 26.1 Å². The minimum atomic E-state index is -4.45. The molecule has 0 bridgehead atoms. The summed E-state index contributed by atoms with van der Waals surface area (Å²) in [7, 11) is 0. The number of hydrogen-bond donors (Lipinski definition) is 2. The second-order valence-corrected chi connectivity index (χ2v) is 6.30. The van der Waals surface area contributed by atoms with E-state index in [2.05, 4.69) is 20.4 Å². The molecule has 0 fully saturated rings. The summed E-state index contributed by atoms with van der Waals surface area (Å²) in [5.74, 6) is -0.552. The number of anilines is 1. The largest absolute Gasteiger partial charge is 0.484 e. The van der Waals surface area contributed by atoms with Crippen LogP contribution in [0.4, 0.5) is 19.0 Å². The fourth-order valence-electron chi connectivity index (χ4n) is 2.29. The number of pyridine rings is 1.